The van der Waals surface area contributed by atoms with Crippen LogP contribution in [-0.2, 0) is 4.79 Å². The molecule has 7 heteroatoms. The minimum Gasteiger partial charge on any atom is -0.480 e. The SMILES string of the molecule is O=C(O)C1CSCCN1C(=O)c1ccc(Cl)o1. The number of halogens is 1. The van der Waals surface area contributed by atoms with Crippen LogP contribution < -0.4 is 0 Å². The summed E-state index contributed by atoms with van der Waals surface area (Å²) >= 11 is 7.11. The van der Waals surface area contributed by atoms with E-state index in [1.54, 1.807) is 0 Å². The molecule has 2 rings (SSSR count). The molecule has 1 saturated heterocycles. The van der Waals surface area contributed by atoms with Crippen molar-refractivity contribution in [3.63, 3.8) is 0 Å². The number of carboxylic acids is 1. The number of carbonyl (C=O) groups is 2. The predicted octanol–water partition coefficient (Wildman–Crippen LogP) is 1.58. The van der Waals surface area contributed by atoms with E-state index >= 15 is 0 Å². The molecule has 92 valence electrons. The van der Waals surface area contributed by atoms with Crippen LogP contribution in [0.1, 0.15) is 10.6 Å². The quantitative estimate of drug-likeness (QED) is 0.887. The van der Waals surface area contributed by atoms with Crippen LogP contribution in [0.25, 0.3) is 0 Å². The lowest BCUT2D eigenvalue weighted by molar-refractivity contribution is -0.141. The summed E-state index contributed by atoms with van der Waals surface area (Å²) < 4.78 is 5.00. The summed E-state index contributed by atoms with van der Waals surface area (Å²) in [6.45, 7) is 0.402. The standard InChI is InChI=1S/C10H10ClNO4S/c11-8-2-1-7(16-8)9(13)12-3-4-17-5-6(12)10(14)15/h1-2,6H,3-5H2,(H,14,15). The Hall–Kier alpha value is -1.14. The van der Waals surface area contributed by atoms with Crippen molar-refractivity contribution in [2.24, 2.45) is 0 Å². The monoisotopic (exact) mass is 275 g/mol. The Bertz CT molecular complexity index is 447. The van der Waals surface area contributed by atoms with Crippen LogP contribution in [0, 0.1) is 0 Å². The third-order valence-electron chi connectivity index (χ3n) is 2.46. The molecule has 0 aromatic carbocycles. The Morgan fingerprint density at radius 2 is 2.29 bits per heavy atom. The van der Waals surface area contributed by atoms with E-state index in [0.29, 0.717) is 12.3 Å². The first kappa shape index (κ1) is 12.3. The van der Waals surface area contributed by atoms with Crippen LogP contribution in [0.4, 0.5) is 0 Å². The van der Waals surface area contributed by atoms with Crippen LogP contribution in [0.3, 0.4) is 0 Å². The van der Waals surface area contributed by atoms with Gasteiger partial charge < -0.3 is 14.4 Å². The van der Waals surface area contributed by atoms with Crippen molar-refractivity contribution >= 4 is 35.2 Å². The van der Waals surface area contributed by atoms with Crippen molar-refractivity contribution in [1.82, 2.24) is 4.90 Å². The highest BCUT2D eigenvalue weighted by Crippen LogP contribution is 2.21. The fourth-order valence-corrected chi connectivity index (χ4v) is 2.81. The minimum absolute atomic E-state index is 0.0770. The number of carbonyl (C=O) groups excluding carboxylic acids is 1. The van der Waals surface area contributed by atoms with Gasteiger partial charge in [0.05, 0.1) is 0 Å². The van der Waals surface area contributed by atoms with Crippen molar-refractivity contribution in [3.05, 3.63) is 23.1 Å². The molecule has 1 fully saturated rings. The van der Waals surface area contributed by atoms with E-state index < -0.39 is 17.9 Å². The van der Waals surface area contributed by atoms with Gasteiger partial charge in [-0.1, -0.05) is 0 Å². The predicted molar refractivity (Wildman–Crippen MR) is 63.5 cm³/mol. The van der Waals surface area contributed by atoms with Crippen molar-refractivity contribution in [1.29, 1.82) is 0 Å². The average molecular weight is 276 g/mol. The van der Waals surface area contributed by atoms with Crippen LogP contribution in [0.2, 0.25) is 5.22 Å². The maximum absolute atomic E-state index is 12.0. The zero-order valence-electron chi connectivity index (χ0n) is 8.76. The van der Waals surface area contributed by atoms with Gasteiger partial charge in [0.25, 0.3) is 5.91 Å². The highest BCUT2D eigenvalue weighted by Gasteiger charge is 2.34. The van der Waals surface area contributed by atoms with Crippen LogP contribution in [0.5, 0.6) is 0 Å². The molecule has 1 atom stereocenters. The first-order valence-corrected chi connectivity index (χ1v) is 6.49. The van der Waals surface area contributed by atoms with Gasteiger partial charge in [0.15, 0.2) is 11.0 Å². The molecule has 17 heavy (non-hydrogen) atoms. The number of carboxylic acid groups (broad SMARTS) is 1. The number of hydrogen-bond acceptors (Lipinski definition) is 4. The minimum atomic E-state index is -0.997. The summed E-state index contributed by atoms with van der Waals surface area (Å²) in [5.41, 5.74) is 0. The Morgan fingerprint density at radius 3 is 2.88 bits per heavy atom. The van der Waals surface area contributed by atoms with E-state index in [2.05, 4.69) is 0 Å². The summed E-state index contributed by atoms with van der Waals surface area (Å²) in [6.07, 6.45) is 0. The van der Waals surface area contributed by atoms with E-state index in [9.17, 15) is 9.59 Å². The van der Waals surface area contributed by atoms with Gasteiger partial charge in [-0.15, -0.1) is 0 Å². The summed E-state index contributed by atoms with van der Waals surface area (Å²) in [6, 6.07) is 2.11. The molecule has 1 aromatic rings. The summed E-state index contributed by atoms with van der Waals surface area (Å²) in [5.74, 6) is -0.222. The number of nitrogens with zero attached hydrogens (tertiary/aromatic N) is 1. The smallest absolute Gasteiger partial charge is 0.327 e. The van der Waals surface area contributed by atoms with E-state index in [-0.39, 0.29) is 11.0 Å². The maximum atomic E-state index is 12.0. The zero-order chi connectivity index (χ0) is 12.4. The number of hydrogen-bond donors (Lipinski definition) is 1. The van der Waals surface area contributed by atoms with E-state index in [0.717, 1.165) is 5.75 Å². The van der Waals surface area contributed by atoms with Gasteiger partial charge in [0.2, 0.25) is 0 Å². The van der Waals surface area contributed by atoms with Gasteiger partial charge in [-0.3, -0.25) is 4.79 Å². The van der Waals surface area contributed by atoms with E-state index in [1.807, 2.05) is 0 Å². The number of aliphatic carboxylic acids is 1. The molecule has 2 heterocycles. The van der Waals surface area contributed by atoms with Gasteiger partial charge in [-0.2, -0.15) is 11.8 Å². The van der Waals surface area contributed by atoms with Crippen LogP contribution in [-0.4, -0.2) is 46.0 Å². The van der Waals surface area contributed by atoms with Gasteiger partial charge in [0, 0.05) is 18.1 Å². The molecular weight excluding hydrogens is 266 g/mol. The lowest BCUT2D eigenvalue weighted by Gasteiger charge is -2.31. The Kier molecular flexibility index (Phi) is 3.63. The third-order valence-corrected chi connectivity index (χ3v) is 3.68. The molecule has 1 aromatic heterocycles. The fourth-order valence-electron chi connectivity index (χ4n) is 1.62. The van der Waals surface area contributed by atoms with Crippen molar-refractivity contribution in [2.75, 3.05) is 18.1 Å². The zero-order valence-corrected chi connectivity index (χ0v) is 10.3. The molecule has 1 N–H and O–H groups in total. The molecule has 1 unspecified atom stereocenters. The molecule has 1 amide bonds. The molecule has 0 spiro atoms. The van der Waals surface area contributed by atoms with Crippen molar-refractivity contribution in [2.45, 2.75) is 6.04 Å². The van der Waals surface area contributed by atoms with Crippen LogP contribution >= 0.6 is 23.4 Å². The molecule has 1 aliphatic heterocycles. The lowest BCUT2D eigenvalue weighted by Crippen LogP contribution is -2.50. The third kappa shape index (κ3) is 2.58. The fraction of sp³-hybridized carbons (Fsp3) is 0.400. The topological polar surface area (TPSA) is 70.8 Å². The molecule has 0 saturated carbocycles. The number of furan rings is 1. The van der Waals surface area contributed by atoms with Gasteiger partial charge in [-0.05, 0) is 23.7 Å². The molecule has 0 radical (unpaired) electrons. The number of amides is 1. The Morgan fingerprint density at radius 1 is 1.53 bits per heavy atom. The molecule has 1 aliphatic rings. The normalized spacial score (nSPS) is 20.3. The van der Waals surface area contributed by atoms with Gasteiger partial charge >= 0.3 is 5.97 Å². The Labute approximate surface area is 107 Å². The molecular formula is C10H10ClNO4S. The summed E-state index contributed by atoms with van der Waals surface area (Å²) in [4.78, 5) is 24.4. The molecule has 0 bridgehead atoms. The number of thioether (sulfide) groups is 1. The van der Waals surface area contributed by atoms with Crippen molar-refractivity contribution in [3.8, 4) is 0 Å². The van der Waals surface area contributed by atoms with Crippen molar-refractivity contribution < 1.29 is 19.1 Å². The maximum Gasteiger partial charge on any atom is 0.327 e. The average Bonchev–Trinajstić information content (AvgIpc) is 2.75. The highest BCUT2D eigenvalue weighted by atomic mass is 35.5. The second kappa shape index (κ2) is 5.01. The van der Waals surface area contributed by atoms with Gasteiger partial charge in [0.1, 0.15) is 6.04 Å². The Balaban J connectivity index is 2.19. The van der Waals surface area contributed by atoms with Gasteiger partial charge in [-0.25, -0.2) is 4.79 Å². The second-order valence-corrected chi connectivity index (χ2v) is 5.05. The van der Waals surface area contributed by atoms with E-state index in [1.165, 1.54) is 28.8 Å². The first-order valence-electron chi connectivity index (χ1n) is 4.96. The van der Waals surface area contributed by atoms with E-state index in [4.69, 9.17) is 21.1 Å². The second-order valence-electron chi connectivity index (χ2n) is 3.53. The molecule has 5 nitrogen and oxygen atoms in total. The molecule has 0 aliphatic carbocycles. The summed E-state index contributed by atoms with van der Waals surface area (Å²) in [7, 11) is 0. The highest BCUT2D eigenvalue weighted by molar-refractivity contribution is 7.99. The summed E-state index contributed by atoms with van der Waals surface area (Å²) in [5, 5.41) is 9.16. The number of rotatable bonds is 2. The first-order chi connectivity index (χ1) is 8.09. The largest absolute Gasteiger partial charge is 0.480 e. The lowest BCUT2D eigenvalue weighted by atomic mass is 10.2. The van der Waals surface area contributed by atoms with Crippen LogP contribution in [0.15, 0.2) is 16.5 Å².